The summed E-state index contributed by atoms with van der Waals surface area (Å²) in [5, 5.41) is 8.29. The van der Waals surface area contributed by atoms with E-state index in [4.69, 9.17) is 8.83 Å². The third-order valence-electron chi connectivity index (χ3n) is 6.56. The van der Waals surface area contributed by atoms with Gasteiger partial charge in [0.2, 0.25) is 0 Å². The molecule has 0 amide bonds. The maximum absolute atomic E-state index is 6.11. The van der Waals surface area contributed by atoms with Crippen LogP contribution >= 0.6 is 0 Å². The summed E-state index contributed by atoms with van der Waals surface area (Å²) in [4.78, 5) is 0. The summed E-state index contributed by atoms with van der Waals surface area (Å²) in [7, 11) is 0. The molecule has 0 atom stereocenters. The van der Waals surface area contributed by atoms with Crippen molar-refractivity contribution in [3.63, 3.8) is 0 Å². The fourth-order valence-corrected chi connectivity index (χ4v) is 5.02. The maximum Gasteiger partial charge on any atom is 0.137 e. The summed E-state index contributed by atoms with van der Waals surface area (Å²) >= 11 is 0. The number of para-hydroxylation sites is 3. The quantitative estimate of drug-likeness (QED) is 0.298. The average Bonchev–Trinajstić information content (AvgIpc) is 3.44. The molecule has 0 saturated heterocycles. The number of hydrogen-bond donors (Lipinski definition) is 1. The molecule has 0 fully saturated rings. The van der Waals surface area contributed by atoms with Gasteiger partial charge in [0.15, 0.2) is 0 Å². The van der Waals surface area contributed by atoms with Crippen LogP contribution in [-0.2, 0) is 6.42 Å². The van der Waals surface area contributed by atoms with Gasteiger partial charge < -0.3 is 14.2 Å². The standard InChI is InChI=1S/C31H21NO2/c1-4-13-24(32-25-14-8-18-29-31(25)23-12-3-6-16-27(23)34-29)20(9-1)19-21-10-7-17-28-30(21)22-11-2-5-15-26(22)33-28/h1-18,32H,19H2. The first-order chi connectivity index (χ1) is 16.8. The first-order valence-electron chi connectivity index (χ1n) is 11.5. The van der Waals surface area contributed by atoms with Gasteiger partial charge in [-0.15, -0.1) is 0 Å². The molecule has 3 heteroatoms. The Hall–Kier alpha value is -4.50. The molecule has 5 aromatic carbocycles. The van der Waals surface area contributed by atoms with Crippen LogP contribution in [0.15, 0.2) is 118 Å². The molecule has 0 unspecified atom stereocenters. The second kappa shape index (κ2) is 7.53. The third kappa shape index (κ3) is 2.98. The second-order valence-corrected chi connectivity index (χ2v) is 8.62. The van der Waals surface area contributed by atoms with Crippen molar-refractivity contribution in [3.8, 4) is 0 Å². The zero-order valence-corrected chi connectivity index (χ0v) is 18.4. The normalized spacial score (nSPS) is 11.6. The van der Waals surface area contributed by atoms with Gasteiger partial charge in [-0.05, 0) is 47.5 Å². The Morgan fingerprint density at radius 3 is 1.76 bits per heavy atom. The van der Waals surface area contributed by atoms with E-state index in [0.717, 1.165) is 56.3 Å². The molecule has 7 aromatic rings. The van der Waals surface area contributed by atoms with Crippen LogP contribution in [-0.4, -0.2) is 0 Å². The van der Waals surface area contributed by atoms with Crippen LogP contribution < -0.4 is 5.32 Å². The first kappa shape index (κ1) is 19.0. The lowest BCUT2D eigenvalue weighted by Gasteiger charge is -2.14. The van der Waals surface area contributed by atoms with E-state index < -0.39 is 0 Å². The van der Waals surface area contributed by atoms with Crippen molar-refractivity contribution >= 4 is 55.3 Å². The number of anilines is 2. The van der Waals surface area contributed by atoms with E-state index in [2.05, 4.69) is 72.0 Å². The molecular formula is C31H21NO2. The van der Waals surface area contributed by atoms with Gasteiger partial charge in [-0.3, -0.25) is 0 Å². The first-order valence-corrected chi connectivity index (χ1v) is 11.5. The minimum atomic E-state index is 0.798. The molecule has 162 valence electrons. The van der Waals surface area contributed by atoms with Crippen LogP contribution in [0.2, 0.25) is 0 Å². The van der Waals surface area contributed by atoms with Crippen LogP contribution in [0.1, 0.15) is 11.1 Å². The Balaban J connectivity index is 1.34. The molecule has 0 saturated carbocycles. The van der Waals surface area contributed by atoms with Gasteiger partial charge in [-0.2, -0.15) is 0 Å². The molecule has 0 bridgehead atoms. The van der Waals surface area contributed by atoms with Gasteiger partial charge in [0, 0.05) is 28.3 Å². The van der Waals surface area contributed by atoms with E-state index >= 15 is 0 Å². The molecule has 2 heterocycles. The molecule has 0 aliphatic heterocycles. The van der Waals surface area contributed by atoms with Crippen molar-refractivity contribution < 1.29 is 8.83 Å². The molecule has 2 aromatic heterocycles. The Morgan fingerprint density at radius 2 is 0.971 bits per heavy atom. The molecular weight excluding hydrogens is 418 g/mol. The predicted molar refractivity (Wildman–Crippen MR) is 140 cm³/mol. The topological polar surface area (TPSA) is 38.3 Å². The summed E-state index contributed by atoms with van der Waals surface area (Å²) in [6.45, 7) is 0. The minimum absolute atomic E-state index is 0.798. The monoisotopic (exact) mass is 439 g/mol. The van der Waals surface area contributed by atoms with Crippen molar-refractivity contribution in [2.24, 2.45) is 0 Å². The van der Waals surface area contributed by atoms with E-state index in [0.29, 0.717) is 0 Å². The van der Waals surface area contributed by atoms with E-state index in [1.54, 1.807) is 0 Å². The molecule has 34 heavy (non-hydrogen) atoms. The Labute approximate surface area is 196 Å². The van der Waals surface area contributed by atoms with Gasteiger partial charge in [0.25, 0.3) is 0 Å². The SMILES string of the molecule is c1ccc(Nc2cccc3oc4ccccc4c23)c(Cc2cccc3oc4ccccc4c23)c1. The molecule has 0 aliphatic carbocycles. The smallest absolute Gasteiger partial charge is 0.137 e. The average molecular weight is 440 g/mol. The minimum Gasteiger partial charge on any atom is -0.456 e. The summed E-state index contributed by atoms with van der Waals surface area (Å²) in [5.74, 6) is 0. The van der Waals surface area contributed by atoms with Gasteiger partial charge in [0.1, 0.15) is 22.3 Å². The number of nitrogens with one attached hydrogen (secondary N) is 1. The molecule has 7 rings (SSSR count). The number of rotatable bonds is 4. The zero-order valence-electron chi connectivity index (χ0n) is 18.4. The third-order valence-corrected chi connectivity index (χ3v) is 6.56. The fraction of sp³-hybridized carbons (Fsp3) is 0.0323. The Morgan fingerprint density at radius 1 is 0.441 bits per heavy atom. The number of fused-ring (bicyclic) bond motifs is 6. The maximum atomic E-state index is 6.11. The van der Waals surface area contributed by atoms with Crippen LogP contribution in [0.5, 0.6) is 0 Å². The molecule has 0 aliphatic rings. The molecule has 3 nitrogen and oxygen atoms in total. The van der Waals surface area contributed by atoms with Gasteiger partial charge in [-0.1, -0.05) is 72.8 Å². The highest BCUT2D eigenvalue weighted by molar-refractivity contribution is 6.12. The van der Waals surface area contributed by atoms with Gasteiger partial charge >= 0.3 is 0 Å². The van der Waals surface area contributed by atoms with Gasteiger partial charge in [-0.25, -0.2) is 0 Å². The number of hydrogen-bond acceptors (Lipinski definition) is 3. The van der Waals surface area contributed by atoms with Crippen LogP contribution in [0.4, 0.5) is 11.4 Å². The number of furan rings is 2. The zero-order chi connectivity index (χ0) is 22.5. The highest BCUT2D eigenvalue weighted by Crippen LogP contribution is 2.37. The number of benzene rings is 5. The summed E-state index contributed by atoms with van der Waals surface area (Å²) in [5.41, 5.74) is 8.26. The van der Waals surface area contributed by atoms with Crippen molar-refractivity contribution in [2.45, 2.75) is 6.42 Å². The van der Waals surface area contributed by atoms with E-state index in [9.17, 15) is 0 Å². The molecule has 0 spiro atoms. The largest absolute Gasteiger partial charge is 0.456 e. The van der Waals surface area contributed by atoms with Crippen molar-refractivity contribution in [1.82, 2.24) is 0 Å². The lowest BCUT2D eigenvalue weighted by Crippen LogP contribution is -1.98. The van der Waals surface area contributed by atoms with Crippen molar-refractivity contribution in [1.29, 1.82) is 0 Å². The van der Waals surface area contributed by atoms with Gasteiger partial charge in [0.05, 0.1) is 11.1 Å². The summed E-state index contributed by atoms with van der Waals surface area (Å²) in [6.07, 6.45) is 0.798. The lowest BCUT2D eigenvalue weighted by atomic mass is 9.98. The fourth-order valence-electron chi connectivity index (χ4n) is 5.02. The Kier molecular flexibility index (Phi) is 4.21. The van der Waals surface area contributed by atoms with Crippen LogP contribution in [0.3, 0.4) is 0 Å². The summed E-state index contributed by atoms with van der Waals surface area (Å²) < 4.78 is 12.2. The van der Waals surface area contributed by atoms with E-state index in [1.165, 1.54) is 16.5 Å². The highest BCUT2D eigenvalue weighted by atomic mass is 16.3. The van der Waals surface area contributed by atoms with Crippen LogP contribution in [0.25, 0.3) is 43.9 Å². The van der Waals surface area contributed by atoms with Crippen molar-refractivity contribution in [3.05, 3.63) is 120 Å². The summed E-state index contributed by atoms with van der Waals surface area (Å²) in [6, 6.07) is 37.5. The van der Waals surface area contributed by atoms with E-state index in [-0.39, 0.29) is 0 Å². The van der Waals surface area contributed by atoms with E-state index in [1.807, 2.05) is 42.5 Å². The Bertz CT molecular complexity index is 1690. The van der Waals surface area contributed by atoms with Crippen molar-refractivity contribution in [2.75, 3.05) is 5.32 Å². The molecule has 0 radical (unpaired) electrons. The lowest BCUT2D eigenvalue weighted by molar-refractivity contribution is 0.668. The van der Waals surface area contributed by atoms with Crippen LogP contribution in [0, 0.1) is 0 Å². The highest BCUT2D eigenvalue weighted by Gasteiger charge is 2.14. The predicted octanol–water partition coefficient (Wildman–Crippen LogP) is 8.82. The second-order valence-electron chi connectivity index (χ2n) is 8.62. The molecule has 1 N–H and O–H groups in total.